The van der Waals surface area contributed by atoms with Gasteiger partial charge in [-0.05, 0) is 19.1 Å². The van der Waals surface area contributed by atoms with E-state index < -0.39 is 0 Å². The Bertz CT molecular complexity index is 121. The summed E-state index contributed by atoms with van der Waals surface area (Å²) in [6, 6.07) is 0. The smallest absolute Gasteiger partial charge is 0.114 e. The van der Waals surface area contributed by atoms with E-state index in [9.17, 15) is 0 Å². The molecular formula is C11H22O. The van der Waals surface area contributed by atoms with Crippen molar-refractivity contribution < 1.29 is 5.11 Å². The molecule has 0 amide bonds. The lowest BCUT2D eigenvalue weighted by Crippen LogP contribution is -1.66. The van der Waals surface area contributed by atoms with E-state index in [4.69, 9.17) is 5.11 Å². The summed E-state index contributed by atoms with van der Waals surface area (Å²) >= 11 is 0. The number of aliphatic hydroxyl groups is 1. The van der Waals surface area contributed by atoms with Crippen LogP contribution in [0.4, 0.5) is 0 Å². The zero-order chi connectivity index (χ0) is 10.4. The second-order valence-electron chi connectivity index (χ2n) is 1.32. The average Bonchev–Trinajstić information content (AvgIpc) is 2.20. The van der Waals surface area contributed by atoms with Crippen molar-refractivity contribution in [3.8, 4) is 0 Å². The van der Waals surface area contributed by atoms with Gasteiger partial charge in [-0.3, -0.25) is 0 Å². The number of allylic oxidation sites excluding steroid dienone is 4. The first-order valence-corrected chi connectivity index (χ1v) is 4.45. The van der Waals surface area contributed by atoms with Crippen LogP contribution in [0.5, 0.6) is 0 Å². The highest BCUT2D eigenvalue weighted by Crippen LogP contribution is 1.87. The van der Waals surface area contributed by atoms with Gasteiger partial charge < -0.3 is 5.11 Å². The normalized spacial score (nSPS) is 9.25. The monoisotopic (exact) mass is 170 g/mol. The van der Waals surface area contributed by atoms with Gasteiger partial charge in [-0.15, -0.1) is 0 Å². The predicted molar refractivity (Wildman–Crippen MR) is 58.4 cm³/mol. The maximum Gasteiger partial charge on any atom is 0.114 e. The summed E-state index contributed by atoms with van der Waals surface area (Å²) < 4.78 is 0. The van der Waals surface area contributed by atoms with E-state index in [1.165, 1.54) is 6.08 Å². The van der Waals surface area contributed by atoms with Gasteiger partial charge in [0.1, 0.15) is 5.76 Å². The Morgan fingerprint density at radius 1 is 1.17 bits per heavy atom. The van der Waals surface area contributed by atoms with Crippen LogP contribution in [-0.4, -0.2) is 5.11 Å². The van der Waals surface area contributed by atoms with Gasteiger partial charge in [-0.25, -0.2) is 0 Å². The molecule has 1 nitrogen and oxygen atoms in total. The van der Waals surface area contributed by atoms with Gasteiger partial charge >= 0.3 is 0 Å². The second kappa shape index (κ2) is 22.5. The SMILES string of the molecule is C=C/C(O)=C\C=C/C.CC.CC. The van der Waals surface area contributed by atoms with Gasteiger partial charge in [0.2, 0.25) is 0 Å². The maximum absolute atomic E-state index is 8.68. The molecule has 0 fully saturated rings. The van der Waals surface area contributed by atoms with Crippen molar-refractivity contribution >= 4 is 0 Å². The molecule has 0 heterocycles. The molecule has 0 rings (SSSR count). The Morgan fingerprint density at radius 2 is 1.58 bits per heavy atom. The largest absolute Gasteiger partial charge is 0.508 e. The van der Waals surface area contributed by atoms with E-state index in [-0.39, 0.29) is 5.76 Å². The van der Waals surface area contributed by atoms with E-state index in [0.29, 0.717) is 0 Å². The van der Waals surface area contributed by atoms with Crippen molar-refractivity contribution in [3.63, 3.8) is 0 Å². The Hall–Kier alpha value is -0.980. The highest BCUT2D eigenvalue weighted by atomic mass is 16.3. The molecule has 1 heteroatoms. The lowest BCUT2D eigenvalue weighted by molar-refractivity contribution is 0.433. The lowest BCUT2D eigenvalue weighted by atomic mass is 10.4. The fraction of sp³-hybridized carbons (Fsp3) is 0.455. The minimum absolute atomic E-state index is 0.197. The molecule has 0 radical (unpaired) electrons. The Morgan fingerprint density at radius 3 is 1.83 bits per heavy atom. The molecule has 0 bridgehead atoms. The number of hydrogen-bond acceptors (Lipinski definition) is 1. The molecule has 72 valence electrons. The van der Waals surface area contributed by atoms with E-state index >= 15 is 0 Å². The minimum atomic E-state index is 0.197. The van der Waals surface area contributed by atoms with Crippen molar-refractivity contribution in [2.75, 3.05) is 0 Å². The van der Waals surface area contributed by atoms with Crippen LogP contribution in [0.1, 0.15) is 34.6 Å². The Balaban J connectivity index is -0.000000175. The summed E-state index contributed by atoms with van der Waals surface area (Å²) in [4.78, 5) is 0. The molecule has 12 heavy (non-hydrogen) atoms. The van der Waals surface area contributed by atoms with E-state index in [2.05, 4.69) is 6.58 Å². The van der Waals surface area contributed by atoms with E-state index in [0.717, 1.165) is 0 Å². The lowest BCUT2D eigenvalue weighted by Gasteiger charge is -1.81. The molecule has 0 aliphatic heterocycles. The summed E-state index contributed by atoms with van der Waals surface area (Å²) in [6.07, 6.45) is 6.55. The first kappa shape index (κ1) is 17.2. The van der Waals surface area contributed by atoms with Crippen LogP contribution in [0, 0.1) is 0 Å². The van der Waals surface area contributed by atoms with Crippen molar-refractivity contribution in [2.24, 2.45) is 0 Å². The van der Waals surface area contributed by atoms with Crippen LogP contribution in [0.3, 0.4) is 0 Å². The van der Waals surface area contributed by atoms with Crippen LogP contribution >= 0.6 is 0 Å². The molecule has 0 aliphatic rings. The third-order valence-electron chi connectivity index (χ3n) is 0.669. The summed E-state index contributed by atoms with van der Waals surface area (Å²) in [5, 5.41) is 8.68. The minimum Gasteiger partial charge on any atom is -0.508 e. The molecule has 0 saturated carbocycles. The number of rotatable bonds is 2. The standard InChI is InChI=1S/C7H10O.2C2H6/c1-3-5-6-7(8)4-2;2*1-2/h3-6,8H,2H2,1H3;2*1-2H3/b5-3-,7-6+;;. The van der Waals surface area contributed by atoms with Crippen molar-refractivity contribution in [1.82, 2.24) is 0 Å². The number of aliphatic hydroxyl groups excluding tert-OH is 1. The molecule has 0 saturated heterocycles. The van der Waals surface area contributed by atoms with E-state index in [1.54, 1.807) is 12.2 Å². The van der Waals surface area contributed by atoms with Crippen LogP contribution in [-0.2, 0) is 0 Å². The summed E-state index contributed by atoms with van der Waals surface area (Å²) in [5.41, 5.74) is 0. The molecule has 0 spiro atoms. The number of hydrogen-bond donors (Lipinski definition) is 1. The molecular weight excluding hydrogens is 148 g/mol. The third kappa shape index (κ3) is 23.0. The second-order valence-corrected chi connectivity index (χ2v) is 1.32. The molecule has 0 aromatic heterocycles. The molecule has 0 aromatic carbocycles. The zero-order valence-electron chi connectivity index (χ0n) is 8.96. The topological polar surface area (TPSA) is 20.2 Å². The van der Waals surface area contributed by atoms with E-state index in [1.807, 2.05) is 40.7 Å². The van der Waals surface area contributed by atoms with Crippen LogP contribution in [0.25, 0.3) is 0 Å². The highest BCUT2D eigenvalue weighted by molar-refractivity contribution is 5.14. The van der Waals surface area contributed by atoms with Gasteiger partial charge in [-0.2, -0.15) is 0 Å². The van der Waals surface area contributed by atoms with Gasteiger partial charge in [0.15, 0.2) is 0 Å². The van der Waals surface area contributed by atoms with Gasteiger partial charge in [0.05, 0.1) is 0 Å². The molecule has 0 atom stereocenters. The molecule has 1 N–H and O–H groups in total. The van der Waals surface area contributed by atoms with Crippen LogP contribution < -0.4 is 0 Å². The van der Waals surface area contributed by atoms with Gasteiger partial charge in [0.25, 0.3) is 0 Å². The first-order valence-electron chi connectivity index (χ1n) is 4.45. The fourth-order valence-corrected chi connectivity index (χ4v) is 0.263. The van der Waals surface area contributed by atoms with Crippen molar-refractivity contribution in [2.45, 2.75) is 34.6 Å². The fourth-order valence-electron chi connectivity index (χ4n) is 0.263. The van der Waals surface area contributed by atoms with Crippen molar-refractivity contribution in [3.05, 3.63) is 36.6 Å². The van der Waals surface area contributed by atoms with Gasteiger partial charge in [0, 0.05) is 0 Å². The molecule has 0 unspecified atom stereocenters. The quantitative estimate of drug-likeness (QED) is 0.485. The average molecular weight is 170 g/mol. The van der Waals surface area contributed by atoms with Crippen LogP contribution in [0.15, 0.2) is 36.6 Å². The third-order valence-corrected chi connectivity index (χ3v) is 0.669. The molecule has 0 aromatic rings. The predicted octanol–water partition coefficient (Wildman–Crippen LogP) is 4.24. The van der Waals surface area contributed by atoms with Gasteiger partial charge in [-0.1, -0.05) is 46.4 Å². The Kier molecular flexibility index (Phi) is 32.2. The summed E-state index contributed by atoms with van der Waals surface area (Å²) in [5.74, 6) is 0.197. The highest BCUT2D eigenvalue weighted by Gasteiger charge is 1.73. The molecule has 0 aliphatic carbocycles. The van der Waals surface area contributed by atoms with Crippen LogP contribution in [0.2, 0.25) is 0 Å². The summed E-state index contributed by atoms with van der Waals surface area (Å²) in [7, 11) is 0. The first-order chi connectivity index (χ1) is 5.81. The summed E-state index contributed by atoms with van der Waals surface area (Å²) in [6.45, 7) is 13.2. The maximum atomic E-state index is 8.68. The van der Waals surface area contributed by atoms with Crippen molar-refractivity contribution in [1.29, 1.82) is 0 Å². The zero-order valence-corrected chi connectivity index (χ0v) is 8.96. The Labute approximate surface area is 77.1 Å².